The van der Waals surface area contributed by atoms with E-state index in [-0.39, 0.29) is 17.5 Å². The topological polar surface area (TPSA) is 75.4 Å². The van der Waals surface area contributed by atoms with Crippen molar-refractivity contribution < 1.29 is 13.5 Å². The third kappa shape index (κ3) is 5.21. The number of aliphatic hydroxyl groups is 1. The molecule has 1 saturated heterocycles. The number of nitrogens with zero attached hydrogens (tertiary/aromatic N) is 3. The third-order valence-corrected chi connectivity index (χ3v) is 7.14. The number of aromatic nitrogens is 2. The molecule has 0 saturated carbocycles. The first-order chi connectivity index (χ1) is 13.5. The van der Waals surface area contributed by atoms with Crippen LogP contribution in [-0.4, -0.2) is 53.4 Å². The number of aryl methyl sites for hydroxylation is 1. The van der Waals surface area contributed by atoms with E-state index in [2.05, 4.69) is 22.0 Å². The largest absolute Gasteiger partial charge is 0.396 e. The minimum Gasteiger partial charge on any atom is -0.396 e. The highest BCUT2D eigenvalue weighted by Gasteiger charge is 2.24. The summed E-state index contributed by atoms with van der Waals surface area (Å²) in [6, 6.07) is 10.3. The van der Waals surface area contributed by atoms with Crippen molar-refractivity contribution in [3.63, 3.8) is 0 Å². The van der Waals surface area contributed by atoms with Crippen molar-refractivity contribution in [1.82, 2.24) is 14.5 Å². The molecule has 0 bridgehead atoms. The van der Waals surface area contributed by atoms with Gasteiger partial charge in [0, 0.05) is 26.2 Å². The van der Waals surface area contributed by atoms with Gasteiger partial charge in [-0.15, -0.1) is 0 Å². The summed E-state index contributed by atoms with van der Waals surface area (Å²) in [5, 5.41) is 9.66. The van der Waals surface area contributed by atoms with Gasteiger partial charge in [-0.2, -0.15) is 0 Å². The van der Waals surface area contributed by atoms with Crippen LogP contribution in [0, 0.1) is 5.92 Å². The van der Waals surface area contributed by atoms with Crippen LogP contribution < -0.4 is 0 Å². The molecule has 7 heteroatoms. The first-order valence-corrected chi connectivity index (χ1v) is 11.8. The lowest BCUT2D eigenvalue weighted by molar-refractivity contribution is 0.114. The Morgan fingerprint density at radius 2 is 2.04 bits per heavy atom. The van der Waals surface area contributed by atoms with E-state index in [1.165, 1.54) is 5.56 Å². The van der Waals surface area contributed by atoms with E-state index in [1.807, 2.05) is 22.8 Å². The molecule has 0 unspecified atom stereocenters. The Balaban J connectivity index is 1.75. The maximum atomic E-state index is 12.5. The molecule has 1 aromatic heterocycles. The van der Waals surface area contributed by atoms with Crippen molar-refractivity contribution in [1.29, 1.82) is 0 Å². The van der Waals surface area contributed by atoms with Gasteiger partial charge in [-0.05, 0) is 43.7 Å². The number of likely N-dealkylation sites (tertiary alicyclic amines) is 1. The fourth-order valence-electron chi connectivity index (χ4n) is 3.89. The number of hydrogen-bond acceptors (Lipinski definition) is 5. The van der Waals surface area contributed by atoms with Gasteiger partial charge in [0.05, 0.1) is 17.6 Å². The molecule has 1 N–H and O–H groups in total. The van der Waals surface area contributed by atoms with Gasteiger partial charge in [0.15, 0.2) is 0 Å². The van der Waals surface area contributed by atoms with Crippen LogP contribution in [0.3, 0.4) is 0 Å². The lowest BCUT2D eigenvalue weighted by atomic mass is 9.99. The molecule has 2 aromatic rings. The van der Waals surface area contributed by atoms with Crippen LogP contribution in [-0.2, 0) is 29.3 Å². The van der Waals surface area contributed by atoms with Crippen LogP contribution >= 0.6 is 0 Å². The van der Waals surface area contributed by atoms with Crippen LogP contribution in [0.1, 0.15) is 37.4 Å². The Labute approximate surface area is 168 Å². The minimum atomic E-state index is -3.37. The predicted octanol–water partition coefficient (Wildman–Crippen LogP) is 2.51. The van der Waals surface area contributed by atoms with E-state index < -0.39 is 9.84 Å². The number of aliphatic hydroxyl groups excluding tert-OH is 1. The molecule has 0 radical (unpaired) electrons. The lowest BCUT2D eigenvalue weighted by Crippen LogP contribution is -2.36. The number of piperidine rings is 1. The van der Waals surface area contributed by atoms with Crippen LogP contribution in [0.4, 0.5) is 0 Å². The molecule has 2 heterocycles. The van der Waals surface area contributed by atoms with E-state index in [1.54, 1.807) is 13.1 Å². The quantitative estimate of drug-likeness (QED) is 0.694. The molecule has 154 valence electrons. The zero-order chi connectivity index (χ0) is 20.0. The summed E-state index contributed by atoms with van der Waals surface area (Å²) in [5.74, 6) is 0.361. The second-order valence-electron chi connectivity index (χ2n) is 7.60. The second-order valence-corrected chi connectivity index (χ2v) is 9.77. The van der Waals surface area contributed by atoms with Crippen molar-refractivity contribution in [3.05, 3.63) is 47.8 Å². The highest BCUT2D eigenvalue weighted by Crippen LogP contribution is 2.21. The number of benzene rings is 1. The molecular weight excluding hydrogens is 374 g/mol. The van der Waals surface area contributed by atoms with Gasteiger partial charge in [-0.1, -0.05) is 37.3 Å². The van der Waals surface area contributed by atoms with Crippen molar-refractivity contribution in [2.24, 2.45) is 5.92 Å². The molecule has 0 spiro atoms. The first kappa shape index (κ1) is 21.0. The van der Waals surface area contributed by atoms with Gasteiger partial charge < -0.3 is 9.67 Å². The maximum absolute atomic E-state index is 12.5. The summed E-state index contributed by atoms with van der Waals surface area (Å²) in [6.07, 6.45) is 5.60. The Hall–Kier alpha value is -1.70. The van der Waals surface area contributed by atoms with Crippen LogP contribution in [0.25, 0.3) is 0 Å². The van der Waals surface area contributed by atoms with Gasteiger partial charge in [-0.25, -0.2) is 13.4 Å². The molecule has 1 aliphatic rings. The summed E-state index contributed by atoms with van der Waals surface area (Å²) in [5.41, 5.74) is 2.20. The third-order valence-electron chi connectivity index (χ3n) is 5.50. The fraction of sp³-hybridized carbons (Fsp3) is 0.571. The van der Waals surface area contributed by atoms with Gasteiger partial charge in [0.1, 0.15) is 0 Å². The number of imidazole rings is 1. The van der Waals surface area contributed by atoms with Crippen LogP contribution in [0.15, 0.2) is 41.7 Å². The summed E-state index contributed by atoms with van der Waals surface area (Å²) >= 11 is 0. The van der Waals surface area contributed by atoms with Crippen LogP contribution in [0.5, 0.6) is 0 Å². The van der Waals surface area contributed by atoms with E-state index in [0.717, 1.165) is 44.5 Å². The number of rotatable bonds is 9. The minimum absolute atomic E-state index is 0.0540. The lowest BCUT2D eigenvalue weighted by Gasteiger charge is -2.31. The molecule has 0 amide bonds. The van der Waals surface area contributed by atoms with E-state index in [9.17, 15) is 13.5 Å². The fourth-order valence-corrected chi connectivity index (χ4v) is 4.91. The summed E-state index contributed by atoms with van der Waals surface area (Å²) in [4.78, 5) is 6.59. The van der Waals surface area contributed by atoms with Gasteiger partial charge in [-0.3, -0.25) is 4.90 Å². The Kier molecular flexibility index (Phi) is 7.26. The zero-order valence-corrected chi connectivity index (χ0v) is 17.4. The van der Waals surface area contributed by atoms with Crippen molar-refractivity contribution >= 4 is 9.84 Å². The Morgan fingerprint density at radius 3 is 2.75 bits per heavy atom. The first-order valence-electron chi connectivity index (χ1n) is 10.2. The van der Waals surface area contributed by atoms with E-state index in [4.69, 9.17) is 0 Å². The van der Waals surface area contributed by atoms with Crippen molar-refractivity contribution in [3.8, 4) is 0 Å². The van der Waals surface area contributed by atoms with Gasteiger partial charge >= 0.3 is 0 Å². The molecular formula is C21H31N3O3S. The summed E-state index contributed by atoms with van der Waals surface area (Å²) in [6.45, 7) is 5.00. The average Bonchev–Trinajstić information content (AvgIpc) is 3.12. The van der Waals surface area contributed by atoms with E-state index >= 15 is 0 Å². The molecule has 28 heavy (non-hydrogen) atoms. The van der Waals surface area contributed by atoms with Crippen LogP contribution in [0.2, 0.25) is 0 Å². The summed E-state index contributed by atoms with van der Waals surface area (Å²) in [7, 11) is -3.37. The summed E-state index contributed by atoms with van der Waals surface area (Å²) < 4.78 is 27.0. The Morgan fingerprint density at radius 1 is 1.25 bits per heavy atom. The molecule has 0 aliphatic carbocycles. The monoisotopic (exact) mass is 405 g/mol. The highest BCUT2D eigenvalue weighted by atomic mass is 32.2. The Bertz CT molecular complexity index is 849. The van der Waals surface area contributed by atoms with E-state index in [0.29, 0.717) is 19.0 Å². The molecule has 6 nitrogen and oxygen atoms in total. The highest BCUT2D eigenvalue weighted by molar-refractivity contribution is 7.91. The number of hydrogen-bond donors (Lipinski definition) is 1. The van der Waals surface area contributed by atoms with Crippen molar-refractivity contribution in [2.45, 2.75) is 50.9 Å². The zero-order valence-electron chi connectivity index (χ0n) is 16.6. The smallest absolute Gasteiger partial charge is 0.227 e. The number of sulfone groups is 1. The normalized spacial score (nSPS) is 18.4. The van der Waals surface area contributed by atoms with Crippen molar-refractivity contribution in [2.75, 3.05) is 25.4 Å². The standard InChI is InChI=1S/C21H31N3O3S/c1-2-28(26,27)21-22-14-20(16-23-12-6-11-19(15-23)17-25)24(21)13-7-10-18-8-4-3-5-9-18/h3-5,8-9,14,19,25H,2,6-7,10-13,15-17H2,1H3/t19-/m0/s1. The second kappa shape index (κ2) is 9.67. The van der Waals surface area contributed by atoms with Gasteiger partial charge in [0.2, 0.25) is 15.0 Å². The molecule has 1 aliphatic heterocycles. The maximum Gasteiger partial charge on any atom is 0.227 e. The molecule has 1 atom stereocenters. The average molecular weight is 406 g/mol. The molecule has 1 aromatic carbocycles. The SMILES string of the molecule is CCS(=O)(=O)c1ncc(CN2CCC[C@H](CO)C2)n1CCCc1ccccc1. The van der Waals surface area contributed by atoms with Gasteiger partial charge in [0.25, 0.3) is 0 Å². The molecule has 3 rings (SSSR count). The predicted molar refractivity (Wildman–Crippen MR) is 110 cm³/mol. The molecule has 1 fully saturated rings.